The highest BCUT2D eigenvalue weighted by atomic mass is 35.5. The Morgan fingerprint density at radius 1 is 1.12 bits per heavy atom. The van der Waals surface area contributed by atoms with Gasteiger partial charge in [-0.05, 0) is 30.7 Å². The quantitative estimate of drug-likeness (QED) is 0.615. The smallest absolute Gasteiger partial charge is 0.284 e. The van der Waals surface area contributed by atoms with Gasteiger partial charge in [-0.2, -0.15) is 4.98 Å². The normalized spacial score (nSPS) is 11.1. The number of fused-ring (bicyclic) bond motifs is 1. The molecule has 1 aromatic carbocycles. The van der Waals surface area contributed by atoms with Crippen LogP contribution in [-0.2, 0) is 6.54 Å². The average Bonchev–Trinajstić information content (AvgIpc) is 2.94. The standard InChI is InChI=1S/C18H14ClN5O/c1-11-15-17(24(23-11)10-13-4-2-3-5-14(13)19)21-16(22-18(15)25)12-6-8-20-9-7-12/h2-9,23H,10H2,1H3. The van der Waals surface area contributed by atoms with Crippen LogP contribution in [0.1, 0.15) is 11.3 Å². The highest BCUT2D eigenvalue weighted by Gasteiger charge is 2.21. The second-order valence-corrected chi connectivity index (χ2v) is 6.11. The zero-order valence-electron chi connectivity index (χ0n) is 13.4. The van der Waals surface area contributed by atoms with Gasteiger partial charge in [-0.25, -0.2) is 4.98 Å². The van der Waals surface area contributed by atoms with E-state index in [1.807, 2.05) is 35.9 Å². The van der Waals surface area contributed by atoms with Gasteiger partial charge in [-0.1, -0.05) is 29.8 Å². The third-order valence-electron chi connectivity index (χ3n) is 4.01. The number of benzene rings is 1. The number of halogens is 1. The summed E-state index contributed by atoms with van der Waals surface area (Å²) in [5.41, 5.74) is 2.60. The minimum Gasteiger partial charge on any atom is -0.300 e. The number of hydrogen-bond donors (Lipinski definition) is 1. The fourth-order valence-corrected chi connectivity index (χ4v) is 3.00. The topological polar surface area (TPSA) is 76.5 Å². The Morgan fingerprint density at radius 3 is 2.64 bits per heavy atom. The Morgan fingerprint density at radius 2 is 1.88 bits per heavy atom. The maximum atomic E-state index is 12.5. The van der Waals surface area contributed by atoms with Crippen LogP contribution in [0.3, 0.4) is 0 Å². The molecule has 0 fully saturated rings. The number of nitrogens with zero attached hydrogens (tertiary/aromatic N) is 4. The second-order valence-electron chi connectivity index (χ2n) is 5.70. The van der Waals surface area contributed by atoms with Gasteiger partial charge >= 0.3 is 0 Å². The van der Waals surface area contributed by atoms with Crippen molar-refractivity contribution in [2.45, 2.75) is 13.5 Å². The lowest BCUT2D eigenvalue weighted by Gasteiger charge is -2.09. The number of aryl methyl sites for hydroxylation is 1. The largest absolute Gasteiger partial charge is 0.300 e. The number of aromatic amines is 1. The van der Waals surface area contributed by atoms with Gasteiger partial charge < -0.3 is 5.10 Å². The molecule has 2 aromatic rings. The van der Waals surface area contributed by atoms with Crippen molar-refractivity contribution < 1.29 is 0 Å². The van der Waals surface area contributed by atoms with Gasteiger partial charge in [-0.15, -0.1) is 0 Å². The third-order valence-corrected chi connectivity index (χ3v) is 4.38. The number of nitrogens with one attached hydrogen (secondary N) is 1. The van der Waals surface area contributed by atoms with Gasteiger partial charge in [0.05, 0.1) is 6.54 Å². The van der Waals surface area contributed by atoms with E-state index >= 15 is 0 Å². The van der Waals surface area contributed by atoms with E-state index in [-0.39, 0.29) is 5.56 Å². The summed E-state index contributed by atoms with van der Waals surface area (Å²) < 4.78 is 1.82. The molecule has 0 unspecified atom stereocenters. The number of H-pyrrole nitrogens is 1. The van der Waals surface area contributed by atoms with Crippen LogP contribution in [0.2, 0.25) is 5.02 Å². The molecular formula is C18H14ClN5O. The molecule has 0 saturated carbocycles. The molecule has 0 bridgehead atoms. The Balaban J connectivity index is 1.87. The van der Waals surface area contributed by atoms with Crippen molar-refractivity contribution in [2.75, 3.05) is 0 Å². The number of pyridine rings is 1. The summed E-state index contributed by atoms with van der Waals surface area (Å²) in [6, 6.07) is 11.1. The molecule has 0 aliphatic carbocycles. The Kier molecular flexibility index (Phi) is 3.82. The summed E-state index contributed by atoms with van der Waals surface area (Å²) in [6.07, 6.45) is 3.29. The molecule has 1 N–H and O–H groups in total. The monoisotopic (exact) mass is 351 g/mol. The predicted octanol–water partition coefficient (Wildman–Crippen LogP) is 3.14. The van der Waals surface area contributed by atoms with Gasteiger partial charge in [0.1, 0.15) is 5.56 Å². The van der Waals surface area contributed by atoms with Crippen LogP contribution < -0.4 is 5.56 Å². The average molecular weight is 352 g/mol. The summed E-state index contributed by atoms with van der Waals surface area (Å²) in [4.78, 5) is 25.2. The lowest BCUT2D eigenvalue weighted by molar-refractivity contribution is 0.677. The molecule has 0 amide bonds. The summed E-state index contributed by atoms with van der Waals surface area (Å²) >= 11 is 6.26. The van der Waals surface area contributed by atoms with E-state index in [1.165, 1.54) is 0 Å². The molecular weight excluding hydrogens is 338 g/mol. The Labute approximate surface area is 148 Å². The van der Waals surface area contributed by atoms with Crippen LogP contribution in [-0.4, -0.2) is 24.7 Å². The summed E-state index contributed by atoms with van der Waals surface area (Å²) in [6.45, 7) is 2.32. The molecule has 6 nitrogen and oxygen atoms in total. The SMILES string of the molecule is Cc1[nH]n(Cc2ccccc2Cl)c2nc(-c3ccncc3)nc(=O)c1-2. The first-order valence-electron chi connectivity index (χ1n) is 7.74. The molecule has 3 heterocycles. The number of hydrogen-bond acceptors (Lipinski definition) is 4. The van der Waals surface area contributed by atoms with Gasteiger partial charge in [0.25, 0.3) is 5.56 Å². The van der Waals surface area contributed by atoms with Crippen molar-refractivity contribution >= 4 is 11.6 Å². The molecule has 4 rings (SSSR count). The first-order valence-corrected chi connectivity index (χ1v) is 8.12. The van der Waals surface area contributed by atoms with Gasteiger partial charge in [-0.3, -0.25) is 14.5 Å². The second kappa shape index (κ2) is 6.14. The molecule has 0 radical (unpaired) electrons. The van der Waals surface area contributed by atoms with Crippen LogP contribution in [0, 0.1) is 6.92 Å². The van der Waals surface area contributed by atoms with Gasteiger partial charge in [0, 0.05) is 28.7 Å². The minimum absolute atomic E-state index is 0.302. The van der Waals surface area contributed by atoms with Crippen molar-refractivity contribution in [1.82, 2.24) is 24.7 Å². The van der Waals surface area contributed by atoms with E-state index in [0.717, 1.165) is 16.8 Å². The molecule has 0 atom stereocenters. The third kappa shape index (κ3) is 2.81. The fraction of sp³-hybridized carbons (Fsp3) is 0.111. The van der Waals surface area contributed by atoms with E-state index in [1.54, 1.807) is 24.5 Å². The Bertz CT molecular complexity index is 1070. The van der Waals surface area contributed by atoms with Gasteiger partial charge in [0.15, 0.2) is 11.6 Å². The highest BCUT2D eigenvalue weighted by molar-refractivity contribution is 6.31. The predicted molar refractivity (Wildman–Crippen MR) is 95.8 cm³/mol. The molecule has 124 valence electrons. The Hall–Kier alpha value is -2.99. The molecule has 0 spiro atoms. The maximum Gasteiger partial charge on any atom is 0.284 e. The summed E-state index contributed by atoms with van der Waals surface area (Å²) in [5.74, 6) is 0.941. The highest BCUT2D eigenvalue weighted by Crippen LogP contribution is 2.24. The minimum atomic E-state index is -0.302. The molecule has 2 aliphatic rings. The van der Waals surface area contributed by atoms with E-state index in [2.05, 4.69) is 20.1 Å². The van der Waals surface area contributed by atoms with Crippen LogP contribution in [0.15, 0.2) is 53.6 Å². The van der Waals surface area contributed by atoms with Crippen LogP contribution >= 0.6 is 11.6 Å². The molecule has 25 heavy (non-hydrogen) atoms. The lowest BCUT2D eigenvalue weighted by Crippen LogP contribution is -2.15. The van der Waals surface area contributed by atoms with Crippen LogP contribution in [0.4, 0.5) is 0 Å². The van der Waals surface area contributed by atoms with Crippen molar-refractivity contribution in [3.63, 3.8) is 0 Å². The lowest BCUT2D eigenvalue weighted by atomic mass is 10.2. The van der Waals surface area contributed by atoms with Crippen molar-refractivity contribution in [1.29, 1.82) is 0 Å². The maximum absolute atomic E-state index is 12.5. The number of aromatic nitrogens is 5. The van der Waals surface area contributed by atoms with Crippen molar-refractivity contribution in [3.8, 4) is 22.8 Å². The molecule has 7 heteroatoms. The van der Waals surface area contributed by atoms with Gasteiger partial charge in [0.2, 0.25) is 0 Å². The van der Waals surface area contributed by atoms with E-state index in [4.69, 9.17) is 11.6 Å². The van der Waals surface area contributed by atoms with E-state index in [0.29, 0.717) is 28.8 Å². The van der Waals surface area contributed by atoms with Crippen LogP contribution in [0.25, 0.3) is 22.8 Å². The van der Waals surface area contributed by atoms with Crippen LogP contribution in [0.5, 0.6) is 0 Å². The fourth-order valence-electron chi connectivity index (χ4n) is 2.81. The van der Waals surface area contributed by atoms with Crippen molar-refractivity contribution in [2.24, 2.45) is 0 Å². The van der Waals surface area contributed by atoms with E-state index in [9.17, 15) is 4.79 Å². The van der Waals surface area contributed by atoms with E-state index < -0.39 is 0 Å². The zero-order valence-corrected chi connectivity index (χ0v) is 14.2. The van der Waals surface area contributed by atoms with Crippen molar-refractivity contribution in [3.05, 3.63) is 75.4 Å². The summed E-state index contributed by atoms with van der Waals surface area (Å²) in [7, 11) is 0. The molecule has 0 saturated heterocycles. The first kappa shape index (κ1) is 15.5. The first-order chi connectivity index (χ1) is 12.1. The zero-order chi connectivity index (χ0) is 17.4. The number of rotatable bonds is 3. The molecule has 2 aliphatic heterocycles. The molecule has 1 aromatic heterocycles. The summed E-state index contributed by atoms with van der Waals surface area (Å²) in [5, 5.41) is 3.86.